The van der Waals surface area contributed by atoms with Crippen LogP contribution in [0.1, 0.15) is 30.8 Å². The van der Waals surface area contributed by atoms with E-state index in [4.69, 9.17) is 9.47 Å². The van der Waals surface area contributed by atoms with Crippen molar-refractivity contribution >= 4 is 40.6 Å². The summed E-state index contributed by atoms with van der Waals surface area (Å²) in [5, 5.41) is 10.7. The van der Waals surface area contributed by atoms with Crippen LogP contribution >= 0.6 is 11.8 Å². The smallest absolute Gasteiger partial charge is 0.329 e. The number of nitro benzene ring substituents is 1. The summed E-state index contributed by atoms with van der Waals surface area (Å²) in [5.41, 5.74) is 2.47. The number of benzene rings is 1. The molecule has 0 N–H and O–H groups in total. The average molecular weight is 474 g/mol. The molecule has 1 aliphatic rings. The predicted octanol–water partition coefficient (Wildman–Crippen LogP) is 4.00. The molecular formula is C22H23N3O7S. The lowest BCUT2D eigenvalue weighted by molar-refractivity contribution is -0.384. The molecule has 0 spiro atoms. The quantitative estimate of drug-likeness (QED) is 0.256. The number of imide groups is 1. The molecule has 3 rings (SSSR count). The van der Waals surface area contributed by atoms with E-state index in [1.54, 1.807) is 30.6 Å². The van der Waals surface area contributed by atoms with Gasteiger partial charge in [-0.2, -0.15) is 0 Å². The Balaban J connectivity index is 2.01. The van der Waals surface area contributed by atoms with Gasteiger partial charge in [0.05, 0.1) is 29.2 Å². The van der Waals surface area contributed by atoms with Crippen molar-refractivity contribution in [2.75, 3.05) is 13.7 Å². The summed E-state index contributed by atoms with van der Waals surface area (Å²) >= 11 is 0.742. The average Bonchev–Trinajstić information content (AvgIpc) is 3.21. The largest absolute Gasteiger partial charge is 0.495 e. The Labute approximate surface area is 194 Å². The fraction of sp³-hybridized carbons (Fsp3) is 0.318. The van der Waals surface area contributed by atoms with Crippen LogP contribution in [-0.4, -0.2) is 51.3 Å². The zero-order valence-corrected chi connectivity index (χ0v) is 19.6. The van der Waals surface area contributed by atoms with Crippen molar-refractivity contribution in [1.82, 2.24) is 9.47 Å². The van der Waals surface area contributed by atoms with E-state index in [0.29, 0.717) is 22.7 Å². The number of non-ortho nitro benzene ring substituents is 1. The highest BCUT2D eigenvalue weighted by Gasteiger charge is 2.41. The van der Waals surface area contributed by atoms with Gasteiger partial charge in [0.2, 0.25) is 0 Å². The van der Waals surface area contributed by atoms with E-state index in [0.717, 1.165) is 22.4 Å². The highest BCUT2D eigenvalue weighted by atomic mass is 32.2. The van der Waals surface area contributed by atoms with Crippen molar-refractivity contribution in [2.45, 2.75) is 33.7 Å². The van der Waals surface area contributed by atoms with Crippen LogP contribution < -0.4 is 4.74 Å². The minimum absolute atomic E-state index is 0.0890. The fourth-order valence-electron chi connectivity index (χ4n) is 3.59. The Bertz CT molecular complexity index is 1180. The van der Waals surface area contributed by atoms with E-state index < -0.39 is 28.1 Å². The second kappa shape index (κ2) is 9.49. The molecule has 0 unspecified atom stereocenters. The van der Waals surface area contributed by atoms with Crippen LogP contribution in [0.4, 0.5) is 10.5 Å². The van der Waals surface area contributed by atoms with Gasteiger partial charge in [-0.25, -0.2) is 4.79 Å². The standard InChI is InChI=1S/C22H23N3O7S/c1-6-32-21(27)14(4)24-20(26)19(33-22(24)28)10-15-9-12(2)23(13(15)3)17-11-16(25(29)30)7-8-18(17)31-5/h7-11,14H,6H2,1-5H3/b19-10+/t14-/m0/s1. The van der Waals surface area contributed by atoms with Crippen molar-refractivity contribution in [3.8, 4) is 11.4 Å². The molecule has 2 heterocycles. The molecule has 0 bridgehead atoms. The number of methoxy groups -OCH3 is 1. The second-order valence-corrected chi connectivity index (χ2v) is 8.25. The minimum atomic E-state index is -1.04. The molecule has 2 aromatic rings. The molecule has 1 atom stereocenters. The number of ether oxygens (including phenoxy) is 2. The van der Waals surface area contributed by atoms with E-state index >= 15 is 0 Å². The number of rotatable bonds is 7. The molecular weight excluding hydrogens is 450 g/mol. The molecule has 0 saturated carbocycles. The Morgan fingerprint density at radius 2 is 1.97 bits per heavy atom. The van der Waals surface area contributed by atoms with Gasteiger partial charge in [0.25, 0.3) is 16.8 Å². The van der Waals surface area contributed by atoms with Gasteiger partial charge in [-0.3, -0.25) is 24.6 Å². The van der Waals surface area contributed by atoms with Gasteiger partial charge in [-0.1, -0.05) is 0 Å². The SMILES string of the molecule is CCOC(=O)[C@H](C)N1C(=O)S/C(=C/c2cc(C)n(-c3cc([N+](=O)[O-])ccc3OC)c2C)C1=O. The maximum Gasteiger partial charge on any atom is 0.329 e. The molecule has 0 radical (unpaired) electrons. The lowest BCUT2D eigenvalue weighted by Gasteiger charge is -2.19. The second-order valence-electron chi connectivity index (χ2n) is 7.25. The number of hydrogen-bond acceptors (Lipinski definition) is 8. The highest BCUT2D eigenvalue weighted by Crippen LogP contribution is 2.36. The maximum atomic E-state index is 12.9. The van der Waals surface area contributed by atoms with Crippen LogP contribution in [0.5, 0.6) is 5.75 Å². The summed E-state index contributed by atoms with van der Waals surface area (Å²) in [5.74, 6) is -0.794. The Morgan fingerprint density at radius 3 is 2.58 bits per heavy atom. The molecule has 174 valence electrons. The lowest BCUT2D eigenvalue weighted by Crippen LogP contribution is -2.42. The van der Waals surface area contributed by atoms with Gasteiger partial charge in [0.15, 0.2) is 0 Å². The van der Waals surface area contributed by atoms with Gasteiger partial charge in [0.1, 0.15) is 11.8 Å². The molecule has 33 heavy (non-hydrogen) atoms. The van der Waals surface area contributed by atoms with Gasteiger partial charge in [-0.05, 0) is 63.2 Å². The first-order valence-corrected chi connectivity index (χ1v) is 10.9. The van der Waals surface area contributed by atoms with E-state index in [2.05, 4.69) is 0 Å². The molecule has 1 aliphatic heterocycles. The summed E-state index contributed by atoms with van der Waals surface area (Å²) < 4.78 is 12.1. The normalized spacial score (nSPS) is 15.8. The third-order valence-corrected chi connectivity index (χ3v) is 6.09. The topological polar surface area (TPSA) is 121 Å². The van der Waals surface area contributed by atoms with Crippen molar-refractivity contribution in [3.63, 3.8) is 0 Å². The summed E-state index contributed by atoms with van der Waals surface area (Å²) in [6, 6.07) is 5.06. The molecule has 0 aliphatic carbocycles. The minimum Gasteiger partial charge on any atom is -0.495 e. The number of carbonyl (C=O) groups excluding carboxylic acids is 3. The number of esters is 1. The third-order valence-electron chi connectivity index (χ3n) is 5.21. The first kappa shape index (κ1) is 24.1. The Hall–Kier alpha value is -3.60. The van der Waals surface area contributed by atoms with Crippen molar-refractivity contribution in [2.24, 2.45) is 0 Å². The molecule has 11 heteroatoms. The van der Waals surface area contributed by atoms with E-state index in [1.165, 1.54) is 32.2 Å². The third kappa shape index (κ3) is 4.49. The number of amides is 2. The van der Waals surface area contributed by atoms with Crippen LogP contribution in [0.25, 0.3) is 11.8 Å². The molecule has 1 aromatic heterocycles. The Kier molecular flexibility index (Phi) is 6.92. The van der Waals surface area contributed by atoms with E-state index in [1.807, 2.05) is 6.92 Å². The van der Waals surface area contributed by atoms with Crippen LogP contribution in [0, 0.1) is 24.0 Å². The van der Waals surface area contributed by atoms with Crippen LogP contribution in [-0.2, 0) is 14.3 Å². The predicted molar refractivity (Wildman–Crippen MR) is 122 cm³/mol. The number of nitro groups is 1. The van der Waals surface area contributed by atoms with E-state index in [-0.39, 0.29) is 17.2 Å². The molecule has 2 amide bonds. The summed E-state index contributed by atoms with van der Waals surface area (Å²) in [4.78, 5) is 49.2. The number of nitrogens with zero attached hydrogens (tertiary/aromatic N) is 3. The van der Waals surface area contributed by atoms with Gasteiger partial charge < -0.3 is 14.0 Å². The molecule has 1 aromatic carbocycles. The number of hydrogen-bond donors (Lipinski definition) is 0. The maximum absolute atomic E-state index is 12.9. The van der Waals surface area contributed by atoms with Gasteiger partial charge in [0, 0.05) is 23.5 Å². The number of thioether (sulfide) groups is 1. The molecule has 1 saturated heterocycles. The number of carbonyl (C=O) groups is 3. The Morgan fingerprint density at radius 1 is 1.27 bits per heavy atom. The first-order valence-electron chi connectivity index (χ1n) is 10.1. The lowest BCUT2D eigenvalue weighted by atomic mass is 10.2. The van der Waals surface area contributed by atoms with E-state index in [9.17, 15) is 24.5 Å². The summed E-state index contributed by atoms with van der Waals surface area (Å²) in [6.07, 6.45) is 1.57. The molecule has 1 fully saturated rings. The zero-order valence-electron chi connectivity index (χ0n) is 18.8. The first-order chi connectivity index (χ1) is 15.6. The zero-order chi connectivity index (χ0) is 24.4. The van der Waals surface area contributed by atoms with Gasteiger partial charge >= 0.3 is 5.97 Å². The number of aromatic nitrogens is 1. The number of aryl methyl sites for hydroxylation is 1. The summed E-state index contributed by atoms with van der Waals surface area (Å²) in [7, 11) is 1.47. The van der Waals surface area contributed by atoms with Crippen LogP contribution in [0.15, 0.2) is 29.2 Å². The monoisotopic (exact) mass is 473 g/mol. The fourth-order valence-corrected chi connectivity index (χ4v) is 4.49. The highest BCUT2D eigenvalue weighted by molar-refractivity contribution is 8.18. The van der Waals surface area contributed by atoms with Crippen molar-refractivity contribution < 1.29 is 28.8 Å². The van der Waals surface area contributed by atoms with Crippen molar-refractivity contribution in [1.29, 1.82) is 0 Å². The molecule has 10 nitrogen and oxygen atoms in total. The summed E-state index contributed by atoms with van der Waals surface area (Å²) in [6.45, 7) is 6.84. The van der Waals surface area contributed by atoms with Crippen molar-refractivity contribution in [3.05, 3.63) is 56.2 Å². The van der Waals surface area contributed by atoms with Crippen LogP contribution in [0.2, 0.25) is 0 Å². The van der Waals surface area contributed by atoms with Crippen LogP contribution in [0.3, 0.4) is 0 Å². The van der Waals surface area contributed by atoms with Gasteiger partial charge in [-0.15, -0.1) is 0 Å².